The van der Waals surface area contributed by atoms with Crippen LogP contribution >= 0.6 is 0 Å². The molecule has 0 saturated heterocycles. The highest BCUT2D eigenvalue weighted by Gasteiger charge is 2.20. The largest absolute Gasteiger partial charge is 0.322 e. The molecule has 0 amide bonds. The molecule has 0 spiro atoms. The zero-order valence-corrected chi connectivity index (χ0v) is 12.4. The van der Waals surface area contributed by atoms with Gasteiger partial charge < -0.3 is 5.73 Å². The third-order valence-electron chi connectivity index (χ3n) is 3.61. The Kier molecular flexibility index (Phi) is 3.92. The van der Waals surface area contributed by atoms with Gasteiger partial charge in [-0.05, 0) is 25.1 Å². The van der Waals surface area contributed by atoms with Gasteiger partial charge in [0.05, 0.1) is 22.6 Å². The number of benzene rings is 2. The molecule has 1 unspecified atom stereocenters. The fraction of sp³-hybridized carbons (Fsp3) is 0.176. The van der Waals surface area contributed by atoms with Crippen molar-refractivity contribution in [3.63, 3.8) is 0 Å². The molecule has 0 radical (unpaired) electrons. The van der Waals surface area contributed by atoms with Gasteiger partial charge in [-0.1, -0.05) is 30.3 Å². The number of nitrogens with zero attached hydrogens (tertiary/aromatic N) is 2. The Balaban J connectivity index is 2.47. The SMILES string of the molecule is CC(N)c1nc2cccc(C(F)F)c2c(=O)n1-c1ccccc1. The van der Waals surface area contributed by atoms with Crippen LogP contribution in [0.2, 0.25) is 0 Å². The molecule has 1 heterocycles. The van der Waals surface area contributed by atoms with Gasteiger partial charge in [-0.3, -0.25) is 9.36 Å². The normalized spacial score (nSPS) is 12.7. The van der Waals surface area contributed by atoms with Crippen LogP contribution in [-0.4, -0.2) is 9.55 Å². The van der Waals surface area contributed by atoms with Crippen LogP contribution < -0.4 is 11.3 Å². The average Bonchev–Trinajstić information content (AvgIpc) is 2.54. The predicted octanol–water partition coefficient (Wildman–Crippen LogP) is 3.34. The third-order valence-corrected chi connectivity index (χ3v) is 3.61. The molecule has 0 aliphatic rings. The molecule has 118 valence electrons. The van der Waals surface area contributed by atoms with E-state index in [9.17, 15) is 13.6 Å². The van der Waals surface area contributed by atoms with Crippen molar-refractivity contribution in [1.29, 1.82) is 0 Å². The first-order valence-electron chi connectivity index (χ1n) is 7.15. The van der Waals surface area contributed by atoms with Crippen LogP contribution in [-0.2, 0) is 0 Å². The Bertz CT molecular complexity index is 905. The van der Waals surface area contributed by atoms with Crippen molar-refractivity contribution < 1.29 is 8.78 Å². The highest BCUT2D eigenvalue weighted by molar-refractivity contribution is 5.82. The maximum atomic E-state index is 13.3. The lowest BCUT2D eigenvalue weighted by atomic mass is 10.1. The van der Waals surface area contributed by atoms with Crippen LogP contribution in [0.5, 0.6) is 0 Å². The molecule has 3 rings (SSSR count). The molecule has 1 aromatic heterocycles. The second-order valence-corrected chi connectivity index (χ2v) is 5.28. The van der Waals surface area contributed by atoms with E-state index in [2.05, 4.69) is 4.98 Å². The molecule has 0 fully saturated rings. The lowest BCUT2D eigenvalue weighted by molar-refractivity contribution is 0.153. The number of hydrogen-bond donors (Lipinski definition) is 1. The summed E-state index contributed by atoms with van der Waals surface area (Å²) in [4.78, 5) is 17.3. The van der Waals surface area contributed by atoms with Gasteiger partial charge in [0.1, 0.15) is 5.82 Å². The number of aromatic nitrogens is 2. The fourth-order valence-corrected chi connectivity index (χ4v) is 2.59. The van der Waals surface area contributed by atoms with E-state index in [1.54, 1.807) is 43.3 Å². The van der Waals surface area contributed by atoms with Crippen molar-refractivity contribution in [2.45, 2.75) is 19.4 Å². The molecular formula is C17H15F2N3O. The number of rotatable bonds is 3. The second kappa shape index (κ2) is 5.89. The summed E-state index contributed by atoms with van der Waals surface area (Å²) in [5, 5.41) is -0.0734. The summed E-state index contributed by atoms with van der Waals surface area (Å²) in [6.45, 7) is 1.70. The summed E-state index contributed by atoms with van der Waals surface area (Å²) in [6.07, 6.45) is -2.75. The fourth-order valence-electron chi connectivity index (χ4n) is 2.59. The van der Waals surface area contributed by atoms with Crippen molar-refractivity contribution in [3.05, 3.63) is 70.3 Å². The molecule has 0 aliphatic carbocycles. The van der Waals surface area contributed by atoms with E-state index < -0.39 is 18.0 Å². The molecule has 3 aromatic rings. The van der Waals surface area contributed by atoms with Crippen molar-refractivity contribution in [1.82, 2.24) is 9.55 Å². The smallest absolute Gasteiger partial charge is 0.266 e. The topological polar surface area (TPSA) is 60.9 Å². The Labute approximate surface area is 131 Å². The standard InChI is InChI=1S/C17H15F2N3O/c1-10(20)16-21-13-9-5-8-12(15(18)19)14(13)17(23)22(16)11-6-3-2-4-7-11/h2-10,15H,20H2,1H3. The van der Waals surface area contributed by atoms with E-state index in [1.807, 2.05) is 0 Å². The monoisotopic (exact) mass is 315 g/mol. The minimum atomic E-state index is -2.75. The summed E-state index contributed by atoms with van der Waals surface area (Å²) >= 11 is 0. The first kappa shape index (κ1) is 15.3. The van der Waals surface area contributed by atoms with Gasteiger partial charge in [0.2, 0.25) is 0 Å². The van der Waals surface area contributed by atoms with Crippen LogP contribution in [0.15, 0.2) is 53.3 Å². The summed E-state index contributed by atoms with van der Waals surface area (Å²) in [5.41, 5.74) is 5.86. The second-order valence-electron chi connectivity index (χ2n) is 5.28. The van der Waals surface area contributed by atoms with Gasteiger partial charge in [-0.2, -0.15) is 0 Å². The van der Waals surface area contributed by atoms with Gasteiger partial charge in [0, 0.05) is 5.56 Å². The molecule has 4 nitrogen and oxygen atoms in total. The number of hydrogen-bond acceptors (Lipinski definition) is 3. The minimum Gasteiger partial charge on any atom is -0.322 e. The zero-order valence-electron chi connectivity index (χ0n) is 12.4. The Morgan fingerprint density at radius 1 is 1.09 bits per heavy atom. The molecule has 23 heavy (non-hydrogen) atoms. The minimum absolute atomic E-state index is 0.0734. The van der Waals surface area contributed by atoms with Crippen LogP contribution in [0.4, 0.5) is 8.78 Å². The summed E-state index contributed by atoms with van der Waals surface area (Å²) in [6, 6.07) is 12.5. The number of nitrogens with two attached hydrogens (primary N) is 1. The number of halogens is 2. The molecule has 2 N–H and O–H groups in total. The van der Waals surface area contributed by atoms with Crippen molar-refractivity contribution in [2.75, 3.05) is 0 Å². The van der Waals surface area contributed by atoms with Gasteiger partial charge in [-0.25, -0.2) is 13.8 Å². The highest BCUT2D eigenvalue weighted by atomic mass is 19.3. The number of para-hydroxylation sites is 1. The molecule has 0 saturated carbocycles. The van der Waals surface area contributed by atoms with E-state index >= 15 is 0 Å². The molecular weight excluding hydrogens is 300 g/mol. The Morgan fingerprint density at radius 3 is 2.39 bits per heavy atom. The van der Waals surface area contributed by atoms with Crippen molar-refractivity contribution >= 4 is 10.9 Å². The lowest BCUT2D eigenvalue weighted by Crippen LogP contribution is -2.28. The quantitative estimate of drug-likeness (QED) is 0.806. The Morgan fingerprint density at radius 2 is 1.78 bits per heavy atom. The van der Waals surface area contributed by atoms with E-state index in [4.69, 9.17) is 5.73 Å². The van der Waals surface area contributed by atoms with E-state index in [0.717, 1.165) is 0 Å². The van der Waals surface area contributed by atoms with Crippen LogP contribution in [0, 0.1) is 0 Å². The Hall–Kier alpha value is -2.60. The molecule has 1 atom stereocenters. The van der Waals surface area contributed by atoms with Gasteiger partial charge in [-0.15, -0.1) is 0 Å². The van der Waals surface area contributed by atoms with E-state index in [-0.39, 0.29) is 16.5 Å². The highest BCUT2D eigenvalue weighted by Crippen LogP contribution is 2.26. The summed E-state index contributed by atoms with van der Waals surface area (Å²) in [7, 11) is 0. The molecule has 0 bridgehead atoms. The van der Waals surface area contributed by atoms with Crippen molar-refractivity contribution in [3.8, 4) is 5.69 Å². The number of fused-ring (bicyclic) bond motifs is 1. The predicted molar refractivity (Wildman–Crippen MR) is 84.9 cm³/mol. The van der Waals surface area contributed by atoms with Gasteiger partial charge in [0.25, 0.3) is 12.0 Å². The summed E-state index contributed by atoms with van der Waals surface area (Å²) in [5.74, 6) is 0.333. The zero-order chi connectivity index (χ0) is 16.6. The maximum absolute atomic E-state index is 13.3. The van der Waals surface area contributed by atoms with Gasteiger partial charge in [0.15, 0.2) is 0 Å². The van der Waals surface area contributed by atoms with Crippen molar-refractivity contribution in [2.24, 2.45) is 5.73 Å². The summed E-state index contributed by atoms with van der Waals surface area (Å²) < 4.78 is 27.8. The number of alkyl halides is 2. The molecule has 2 aromatic carbocycles. The van der Waals surface area contributed by atoms with Gasteiger partial charge >= 0.3 is 0 Å². The first-order valence-corrected chi connectivity index (χ1v) is 7.15. The maximum Gasteiger partial charge on any atom is 0.266 e. The van der Waals surface area contributed by atoms with Crippen LogP contribution in [0.1, 0.15) is 30.8 Å². The first-order chi connectivity index (χ1) is 11.0. The lowest BCUT2D eigenvalue weighted by Gasteiger charge is -2.17. The molecule has 6 heteroatoms. The van der Waals surface area contributed by atoms with Crippen LogP contribution in [0.3, 0.4) is 0 Å². The van der Waals surface area contributed by atoms with E-state index in [0.29, 0.717) is 11.5 Å². The molecule has 0 aliphatic heterocycles. The van der Waals surface area contributed by atoms with Crippen LogP contribution in [0.25, 0.3) is 16.6 Å². The van der Waals surface area contributed by atoms with E-state index in [1.165, 1.54) is 16.7 Å². The third kappa shape index (κ3) is 2.61. The average molecular weight is 315 g/mol.